The van der Waals surface area contributed by atoms with E-state index in [1.807, 2.05) is 61.5 Å². The molecule has 8 nitrogen and oxygen atoms in total. The molecule has 8 heteroatoms. The molecule has 1 aliphatic heterocycles. The number of nitrogens with one attached hydrogen (secondary N) is 1. The normalized spacial score (nSPS) is 12.0. The van der Waals surface area contributed by atoms with E-state index in [2.05, 4.69) is 20.6 Å². The van der Waals surface area contributed by atoms with E-state index in [0.717, 1.165) is 22.4 Å². The molecule has 0 fully saturated rings. The first-order valence-electron chi connectivity index (χ1n) is 9.79. The highest BCUT2D eigenvalue weighted by Gasteiger charge is 2.22. The van der Waals surface area contributed by atoms with Gasteiger partial charge in [0.15, 0.2) is 17.2 Å². The Labute approximate surface area is 178 Å². The second-order valence-corrected chi connectivity index (χ2v) is 7.15. The van der Waals surface area contributed by atoms with E-state index in [-0.39, 0.29) is 18.4 Å². The van der Waals surface area contributed by atoms with Crippen LogP contribution in [0.4, 0.5) is 0 Å². The summed E-state index contributed by atoms with van der Waals surface area (Å²) in [5, 5.41) is 11.4. The molecule has 0 saturated carbocycles. The lowest BCUT2D eigenvalue weighted by Gasteiger charge is -2.09. The molecule has 0 bridgehead atoms. The topological polar surface area (TPSA) is 91.2 Å². The van der Waals surface area contributed by atoms with Gasteiger partial charge in [0.2, 0.25) is 6.79 Å². The molecule has 0 spiro atoms. The number of benzene rings is 2. The van der Waals surface area contributed by atoms with Gasteiger partial charge in [0.25, 0.3) is 5.91 Å². The molecule has 0 atom stereocenters. The summed E-state index contributed by atoms with van der Waals surface area (Å²) in [6.45, 7) is 2.54. The van der Waals surface area contributed by atoms with Crippen LogP contribution in [0.1, 0.15) is 21.6 Å². The number of carbonyl (C=O) groups is 1. The molecule has 1 N–H and O–H groups in total. The fourth-order valence-corrected chi connectivity index (χ4v) is 3.38. The van der Waals surface area contributed by atoms with Crippen molar-refractivity contribution < 1.29 is 14.3 Å². The van der Waals surface area contributed by atoms with Gasteiger partial charge in [0.05, 0.1) is 5.69 Å². The summed E-state index contributed by atoms with van der Waals surface area (Å²) in [5.41, 5.74) is 4.41. The van der Waals surface area contributed by atoms with Gasteiger partial charge in [-0.3, -0.25) is 9.78 Å². The second kappa shape index (κ2) is 7.91. The maximum absolute atomic E-state index is 13.0. The minimum Gasteiger partial charge on any atom is -0.454 e. The molecular weight excluding hydrogens is 394 g/mol. The van der Waals surface area contributed by atoms with E-state index < -0.39 is 0 Å². The zero-order valence-electron chi connectivity index (χ0n) is 16.8. The Kier molecular flexibility index (Phi) is 4.80. The molecule has 0 unspecified atom stereocenters. The summed E-state index contributed by atoms with van der Waals surface area (Å²) in [6, 6.07) is 17.1. The summed E-state index contributed by atoms with van der Waals surface area (Å²) in [6.07, 6.45) is 3.38. The van der Waals surface area contributed by atoms with Crippen LogP contribution in [0.25, 0.3) is 16.9 Å². The molecule has 1 aliphatic rings. The Balaban J connectivity index is 1.45. The van der Waals surface area contributed by atoms with Gasteiger partial charge in [-0.05, 0) is 48.9 Å². The maximum Gasteiger partial charge on any atom is 0.274 e. The highest BCUT2D eigenvalue weighted by atomic mass is 16.7. The monoisotopic (exact) mass is 413 g/mol. The molecule has 4 aromatic rings. The summed E-state index contributed by atoms with van der Waals surface area (Å²) >= 11 is 0. The van der Waals surface area contributed by atoms with Crippen molar-refractivity contribution in [2.45, 2.75) is 13.5 Å². The van der Waals surface area contributed by atoms with Crippen molar-refractivity contribution in [3.05, 3.63) is 83.8 Å². The summed E-state index contributed by atoms with van der Waals surface area (Å²) < 4.78 is 12.4. The van der Waals surface area contributed by atoms with Gasteiger partial charge in [0, 0.05) is 24.5 Å². The fourth-order valence-electron chi connectivity index (χ4n) is 3.38. The number of fused-ring (bicyclic) bond motifs is 1. The lowest BCUT2D eigenvalue weighted by Crippen LogP contribution is -2.24. The van der Waals surface area contributed by atoms with E-state index >= 15 is 0 Å². The number of nitrogens with zero attached hydrogens (tertiary/aromatic N) is 4. The molecule has 31 heavy (non-hydrogen) atoms. The molecule has 2 aromatic heterocycles. The number of aromatic nitrogens is 4. The van der Waals surface area contributed by atoms with Crippen molar-refractivity contribution in [3.63, 3.8) is 0 Å². The third kappa shape index (κ3) is 3.71. The van der Waals surface area contributed by atoms with Crippen LogP contribution in [0, 0.1) is 6.92 Å². The van der Waals surface area contributed by atoms with Crippen LogP contribution in [-0.2, 0) is 6.54 Å². The third-order valence-electron chi connectivity index (χ3n) is 4.99. The second-order valence-electron chi connectivity index (χ2n) is 7.15. The predicted molar refractivity (Wildman–Crippen MR) is 113 cm³/mol. The van der Waals surface area contributed by atoms with E-state index in [0.29, 0.717) is 23.7 Å². The van der Waals surface area contributed by atoms with Gasteiger partial charge >= 0.3 is 0 Å². The number of hydrogen-bond acceptors (Lipinski definition) is 6. The Hall–Kier alpha value is -4.20. The number of carbonyl (C=O) groups excluding carboxylic acids is 1. The summed E-state index contributed by atoms with van der Waals surface area (Å²) in [5.74, 6) is 1.05. The highest BCUT2D eigenvalue weighted by Crippen LogP contribution is 2.32. The Bertz CT molecular complexity index is 1240. The zero-order valence-corrected chi connectivity index (χ0v) is 16.8. The largest absolute Gasteiger partial charge is 0.454 e. The van der Waals surface area contributed by atoms with Crippen LogP contribution in [0.15, 0.2) is 67.0 Å². The van der Waals surface area contributed by atoms with Gasteiger partial charge in [-0.25, -0.2) is 4.68 Å². The number of ether oxygens (including phenoxy) is 2. The lowest BCUT2D eigenvalue weighted by molar-refractivity contribution is 0.0946. The molecular formula is C23H19N5O3. The number of aryl methyl sites for hydroxylation is 1. The molecule has 154 valence electrons. The van der Waals surface area contributed by atoms with Crippen molar-refractivity contribution >= 4 is 5.91 Å². The Morgan fingerprint density at radius 1 is 1.10 bits per heavy atom. The quantitative estimate of drug-likeness (QED) is 0.540. The number of hydrogen-bond donors (Lipinski definition) is 1. The molecule has 0 aliphatic carbocycles. The van der Waals surface area contributed by atoms with Gasteiger partial charge in [-0.1, -0.05) is 29.0 Å². The average molecular weight is 413 g/mol. The predicted octanol–water partition coefficient (Wildman–Crippen LogP) is 3.30. The van der Waals surface area contributed by atoms with Crippen LogP contribution in [-0.4, -0.2) is 32.7 Å². The van der Waals surface area contributed by atoms with Crippen molar-refractivity contribution in [1.82, 2.24) is 25.3 Å². The zero-order chi connectivity index (χ0) is 21.2. The van der Waals surface area contributed by atoms with Crippen LogP contribution >= 0.6 is 0 Å². The lowest BCUT2D eigenvalue weighted by atomic mass is 10.1. The van der Waals surface area contributed by atoms with Crippen molar-refractivity contribution in [1.29, 1.82) is 0 Å². The smallest absolute Gasteiger partial charge is 0.274 e. The Morgan fingerprint density at radius 3 is 2.74 bits per heavy atom. The number of rotatable bonds is 5. The van der Waals surface area contributed by atoms with Crippen LogP contribution in [0.5, 0.6) is 11.5 Å². The van der Waals surface area contributed by atoms with E-state index in [1.165, 1.54) is 0 Å². The highest BCUT2D eigenvalue weighted by molar-refractivity contribution is 5.98. The maximum atomic E-state index is 13.0. The van der Waals surface area contributed by atoms with Gasteiger partial charge < -0.3 is 14.8 Å². The first kappa shape index (κ1) is 18.8. The van der Waals surface area contributed by atoms with Gasteiger partial charge in [-0.15, -0.1) is 5.10 Å². The molecule has 3 heterocycles. The van der Waals surface area contributed by atoms with Gasteiger partial charge in [0.1, 0.15) is 5.69 Å². The van der Waals surface area contributed by atoms with Gasteiger partial charge in [-0.2, -0.15) is 0 Å². The first-order chi connectivity index (χ1) is 15.2. The van der Waals surface area contributed by atoms with E-state index in [1.54, 1.807) is 17.1 Å². The van der Waals surface area contributed by atoms with Crippen LogP contribution in [0.3, 0.4) is 0 Å². The van der Waals surface area contributed by atoms with Crippen molar-refractivity contribution in [2.75, 3.05) is 6.79 Å². The van der Waals surface area contributed by atoms with Crippen molar-refractivity contribution in [2.24, 2.45) is 0 Å². The van der Waals surface area contributed by atoms with E-state index in [9.17, 15) is 4.79 Å². The number of pyridine rings is 1. The number of amides is 1. The summed E-state index contributed by atoms with van der Waals surface area (Å²) in [7, 11) is 0. The summed E-state index contributed by atoms with van der Waals surface area (Å²) in [4.78, 5) is 17.2. The minimum absolute atomic E-state index is 0.210. The van der Waals surface area contributed by atoms with Crippen molar-refractivity contribution in [3.8, 4) is 28.4 Å². The standard InChI is InChI=1S/C23H19N5O3/c1-15-4-7-18(8-5-15)28-22(17-3-2-10-24-13-17)21(26-27-28)23(29)25-12-16-6-9-19-20(11-16)31-14-30-19/h2-11,13H,12,14H2,1H3,(H,25,29). The third-order valence-corrected chi connectivity index (χ3v) is 4.99. The van der Waals surface area contributed by atoms with Crippen LogP contribution < -0.4 is 14.8 Å². The molecule has 1 amide bonds. The molecule has 5 rings (SSSR count). The molecule has 0 radical (unpaired) electrons. The molecule has 0 saturated heterocycles. The first-order valence-corrected chi connectivity index (χ1v) is 9.79. The molecule has 2 aromatic carbocycles. The minimum atomic E-state index is -0.324. The Morgan fingerprint density at radius 2 is 1.94 bits per heavy atom. The average Bonchev–Trinajstić information content (AvgIpc) is 3.45. The SMILES string of the molecule is Cc1ccc(-n2nnc(C(=O)NCc3ccc4c(c3)OCO4)c2-c2cccnc2)cc1. The van der Waals surface area contributed by atoms with Crippen LogP contribution in [0.2, 0.25) is 0 Å². The van der Waals surface area contributed by atoms with E-state index in [4.69, 9.17) is 9.47 Å². The fraction of sp³-hybridized carbons (Fsp3) is 0.130.